The lowest BCUT2D eigenvalue weighted by atomic mass is 10.1. The summed E-state index contributed by atoms with van der Waals surface area (Å²) in [5.41, 5.74) is -0.220. The first-order chi connectivity index (χ1) is 9.52. The van der Waals surface area contributed by atoms with Crippen LogP contribution in [0.1, 0.15) is 26.2 Å². The average Bonchev–Trinajstić information content (AvgIpc) is 3.15. The van der Waals surface area contributed by atoms with E-state index in [0.717, 1.165) is 32.4 Å². The zero-order chi connectivity index (χ0) is 14.8. The molecule has 0 bridgehead atoms. The van der Waals surface area contributed by atoms with Gasteiger partial charge in [0, 0.05) is 39.9 Å². The SMILES string of the molecule is CCOCC1(C(=O)N(C)C[C@@H]2C[C@H](OC)CN2C)CC1. The number of hydrogen-bond acceptors (Lipinski definition) is 4. The van der Waals surface area contributed by atoms with E-state index in [1.54, 1.807) is 7.11 Å². The second kappa shape index (κ2) is 6.41. The van der Waals surface area contributed by atoms with Crippen LogP contribution in [-0.4, -0.2) is 75.4 Å². The van der Waals surface area contributed by atoms with Crippen LogP contribution in [0.15, 0.2) is 0 Å². The fraction of sp³-hybridized carbons (Fsp3) is 0.933. The lowest BCUT2D eigenvalue weighted by molar-refractivity contribution is -0.138. The largest absolute Gasteiger partial charge is 0.381 e. The lowest BCUT2D eigenvalue weighted by Gasteiger charge is -2.28. The molecule has 2 rings (SSSR count). The smallest absolute Gasteiger partial charge is 0.230 e. The van der Waals surface area contributed by atoms with Gasteiger partial charge in [-0.2, -0.15) is 0 Å². The number of nitrogens with zero attached hydrogens (tertiary/aromatic N) is 2. The Labute approximate surface area is 122 Å². The zero-order valence-electron chi connectivity index (χ0n) is 13.2. The summed E-state index contributed by atoms with van der Waals surface area (Å²) in [7, 11) is 5.79. The van der Waals surface area contributed by atoms with Gasteiger partial charge in [-0.25, -0.2) is 0 Å². The highest BCUT2D eigenvalue weighted by atomic mass is 16.5. The van der Waals surface area contributed by atoms with Gasteiger partial charge in [0.05, 0.1) is 18.1 Å². The number of ether oxygens (including phenoxy) is 2. The summed E-state index contributed by atoms with van der Waals surface area (Å²) in [5, 5.41) is 0. The van der Waals surface area contributed by atoms with E-state index >= 15 is 0 Å². The molecule has 1 saturated carbocycles. The molecule has 1 aliphatic carbocycles. The second-order valence-electron chi connectivity index (χ2n) is 6.29. The van der Waals surface area contributed by atoms with Crippen molar-refractivity contribution < 1.29 is 14.3 Å². The molecule has 2 fully saturated rings. The highest BCUT2D eigenvalue weighted by molar-refractivity contribution is 5.85. The first kappa shape index (κ1) is 15.7. The molecule has 0 aromatic carbocycles. The van der Waals surface area contributed by atoms with E-state index in [2.05, 4.69) is 11.9 Å². The third kappa shape index (κ3) is 3.32. The molecule has 5 heteroatoms. The van der Waals surface area contributed by atoms with Gasteiger partial charge in [-0.05, 0) is 33.2 Å². The van der Waals surface area contributed by atoms with Gasteiger partial charge in [-0.1, -0.05) is 0 Å². The molecule has 0 unspecified atom stereocenters. The van der Waals surface area contributed by atoms with Crippen molar-refractivity contribution in [3.8, 4) is 0 Å². The monoisotopic (exact) mass is 284 g/mol. The minimum Gasteiger partial charge on any atom is -0.381 e. The number of likely N-dealkylation sites (tertiary alicyclic amines) is 1. The molecule has 20 heavy (non-hydrogen) atoms. The first-order valence-corrected chi connectivity index (χ1v) is 7.58. The molecule has 1 saturated heterocycles. The van der Waals surface area contributed by atoms with E-state index in [-0.39, 0.29) is 11.3 Å². The van der Waals surface area contributed by atoms with Crippen LogP contribution in [0.25, 0.3) is 0 Å². The lowest BCUT2D eigenvalue weighted by Crippen LogP contribution is -2.43. The quantitative estimate of drug-likeness (QED) is 0.699. The third-order valence-corrected chi connectivity index (χ3v) is 4.70. The molecule has 1 heterocycles. The Hall–Kier alpha value is -0.650. The molecule has 0 aromatic rings. The Bertz CT molecular complexity index is 344. The van der Waals surface area contributed by atoms with Crippen molar-refractivity contribution in [3.63, 3.8) is 0 Å². The van der Waals surface area contributed by atoms with Crippen LogP contribution in [0.3, 0.4) is 0 Å². The zero-order valence-corrected chi connectivity index (χ0v) is 13.2. The number of methoxy groups -OCH3 is 1. The Kier molecular flexibility index (Phi) is 5.04. The van der Waals surface area contributed by atoms with Crippen molar-refractivity contribution in [3.05, 3.63) is 0 Å². The summed E-state index contributed by atoms with van der Waals surface area (Å²) in [6.45, 7) is 4.96. The Balaban J connectivity index is 1.85. The van der Waals surface area contributed by atoms with E-state index < -0.39 is 0 Å². The van der Waals surface area contributed by atoms with Gasteiger partial charge in [0.2, 0.25) is 5.91 Å². The maximum Gasteiger partial charge on any atom is 0.230 e. The Morgan fingerprint density at radius 2 is 2.15 bits per heavy atom. The molecule has 1 amide bonds. The van der Waals surface area contributed by atoms with Gasteiger partial charge in [0.25, 0.3) is 0 Å². The van der Waals surface area contributed by atoms with Crippen molar-refractivity contribution in [2.24, 2.45) is 5.41 Å². The normalized spacial score (nSPS) is 28.6. The van der Waals surface area contributed by atoms with Crippen LogP contribution in [0, 0.1) is 5.41 Å². The van der Waals surface area contributed by atoms with Gasteiger partial charge < -0.3 is 14.4 Å². The maximum atomic E-state index is 12.6. The van der Waals surface area contributed by atoms with Crippen LogP contribution in [0.5, 0.6) is 0 Å². The summed E-state index contributed by atoms with van der Waals surface area (Å²) < 4.78 is 10.9. The molecule has 0 spiro atoms. The summed E-state index contributed by atoms with van der Waals surface area (Å²) in [5.74, 6) is 0.250. The summed E-state index contributed by atoms with van der Waals surface area (Å²) in [6, 6.07) is 0.400. The van der Waals surface area contributed by atoms with Crippen molar-refractivity contribution in [1.29, 1.82) is 0 Å². The molecule has 1 aliphatic heterocycles. The van der Waals surface area contributed by atoms with Crippen molar-refractivity contribution in [2.75, 3.05) is 47.5 Å². The van der Waals surface area contributed by atoms with Crippen molar-refractivity contribution in [1.82, 2.24) is 9.80 Å². The number of likely N-dealkylation sites (N-methyl/N-ethyl adjacent to an activating group) is 2. The molecular formula is C15H28N2O3. The van der Waals surface area contributed by atoms with Gasteiger partial charge in [0.15, 0.2) is 0 Å². The molecule has 5 nitrogen and oxygen atoms in total. The first-order valence-electron chi connectivity index (χ1n) is 7.58. The number of hydrogen-bond donors (Lipinski definition) is 0. The third-order valence-electron chi connectivity index (χ3n) is 4.70. The molecule has 0 radical (unpaired) electrons. The topological polar surface area (TPSA) is 42.0 Å². The van der Waals surface area contributed by atoms with Gasteiger partial charge >= 0.3 is 0 Å². The van der Waals surface area contributed by atoms with E-state index in [1.807, 2.05) is 18.9 Å². The Morgan fingerprint density at radius 1 is 1.45 bits per heavy atom. The van der Waals surface area contributed by atoms with Gasteiger partial charge in [-0.15, -0.1) is 0 Å². The average molecular weight is 284 g/mol. The van der Waals surface area contributed by atoms with E-state index in [9.17, 15) is 4.79 Å². The van der Waals surface area contributed by atoms with Crippen LogP contribution in [-0.2, 0) is 14.3 Å². The molecule has 2 aliphatic rings. The minimum absolute atomic E-state index is 0.220. The number of carbonyl (C=O) groups is 1. The van der Waals surface area contributed by atoms with Crippen molar-refractivity contribution in [2.45, 2.75) is 38.3 Å². The molecule has 0 aromatic heterocycles. The number of carbonyl (C=O) groups excluding carboxylic acids is 1. The summed E-state index contributed by atoms with van der Waals surface area (Å²) in [6.07, 6.45) is 3.24. The molecular weight excluding hydrogens is 256 g/mol. The standard InChI is InChI=1S/C15H28N2O3/c1-5-20-11-15(6-7-15)14(18)17(3)9-12-8-13(19-4)10-16(12)2/h12-13H,5-11H2,1-4H3/t12-,13-/m0/s1. The van der Waals surface area contributed by atoms with Crippen LogP contribution in [0.4, 0.5) is 0 Å². The second-order valence-corrected chi connectivity index (χ2v) is 6.29. The minimum atomic E-state index is -0.220. The highest BCUT2D eigenvalue weighted by Crippen LogP contribution is 2.47. The predicted octanol–water partition coefficient (Wildman–Crippen LogP) is 0.981. The predicted molar refractivity (Wildman–Crippen MR) is 77.6 cm³/mol. The summed E-state index contributed by atoms with van der Waals surface area (Å²) >= 11 is 0. The summed E-state index contributed by atoms with van der Waals surface area (Å²) in [4.78, 5) is 16.8. The van der Waals surface area contributed by atoms with E-state index in [4.69, 9.17) is 9.47 Å². The van der Waals surface area contributed by atoms with E-state index in [0.29, 0.717) is 25.4 Å². The van der Waals surface area contributed by atoms with Crippen LogP contribution >= 0.6 is 0 Å². The molecule has 0 N–H and O–H groups in total. The van der Waals surface area contributed by atoms with Crippen molar-refractivity contribution >= 4 is 5.91 Å². The molecule has 116 valence electrons. The molecule has 2 atom stereocenters. The van der Waals surface area contributed by atoms with Gasteiger partial charge in [0.1, 0.15) is 0 Å². The highest BCUT2D eigenvalue weighted by Gasteiger charge is 2.51. The number of amides is 1. The Morgan fingerprint density at radius 3 is 2.65 bits per heavy atom. The van der Waals surface area contributed by atoms with Crippen LogP contribution < -0.4 is 0 Å². The fourth-order valence-electron chi connectivity index (χ4n) is 3.09. The van der Waals surface area contributed by atoms with Gasteiger partial charge in [-0.3, -0.25) is 9.69 Å². The number of rotatable bonds is 7. The van der Waals surface area contributed by atoms with Crippen LogP contribution in [0.2, 0.25) is 0 Å². The van der Waals surface area contributed by atoms with E-state index in [1.165, 1.54) is 0 Å². The fourth-order valence-corrected chi connectivity index (χ4v) is 3.09. The maximum absolute atomic E-state index is 12.6.